The highest BCUT2D eigenvalue weighted by Crippen LogP contribution is 2.53. The van der Waals surface area contributed by atoms with Gasteiger partial charge in [-0.2, -0.15) is 0 Å². The Balaban J connectivity index is 1.35. The van der Waals surface area contributed by atoms with E-state index in [1.807, 2.05) is 12.1 Å². The lowest BCUT2D eigenvalue weighted by Gasteiger charge is -2.17. The molecule has 0 radical (unpaired) electrons. The zero-order chi connectivity index (χ0) is 18.5. The molecule has 0 aromatic heterocycles. The number of hydrogen-bond donors (Lipinski definition) is 0. The summed E-state index contributed by atoms with van der Waals surface area (Å²) in [7, 11) is 0. The molecule has 4 atom stereocenters. The second-order valence-corrected chi connectivity index (χ2v) is 7.28. The van der Waals surface area contributed by atoms with E-state index in [-0.39, 0.29) is 35.5 Å². The van der Waals surface area contributed by atoms with E-state index in [9.17, 15) is 9.59 Å². The van der Waals surface area contributed by atoms with Gasteiger partial charge in [-0.1, -0.05) is 18.1 Å². The van der Waals surface area contributed by atoms with Crippen LogP contribution in [0.4, 0.5) is 5.69 Å². The van der Waals surface area contributed by atoms with Crippen molar-refractivity contribution in [2.24, 2.45) is 23.7 Å². The number of terminal acetylenes is 1. The number of imide groups is 1. The molecular formula is C23H17NO3. The number of carbonyl (C=O) groups is 2. The molecule has 4 unspecified atom stereocenters. The molecule has 2 bridgehead atoms. The quantitative estimate of drug-likeness (QED) is 0.478. The van der Waals surface area contributed by atoms with Gasteiger partial charge in [0.25, 0.3) is 0 Å². The summed E-state index contributed by atoms with van der Waals surface area (Å²) in [5.41, 5.74) is 1.39. The number of benzene rings is 2. The van der Waals surface area contributed by atoms with E-state index in [1.54, 1.807) is 36.4 Å². The van der Waals surface area contributed by atoms with Crippen molar-refractivity contribution in [2.45, 2.75) is 6.42 Å². The first kappa shape index (κ1) is 15.9. The Morgan fingerprint density at radius 2 is 1.37 bits per heavy atom. The average molecular weight is 355 g/mol. The van der Waals surface area contributed by atoms with Crippen LogP contribution in [0.1, 0.15) is 12.0 Å². The topological polar surface area (TPSA) is 46.6 Å². The molecule has 2 amide bonds. The molecule has 4 heteroatoms. The van der Waals surface area contributed by atoms with Gasteiger partial charge in [-0.05, 0) is 66.8 Å². The standard InChI is InChI=1S/C23H17NO3/c1-2-14-3-9-18(10-4-14)27-19-11-7-17(8-12-19)24-22(25)20-15-5-6-16(13-15)21(20)23(24)26/h1,3-12,15-16,20-21H,13H2. The molecule has 2 aromatic carbocycles. The predicted molar refractivity (Wildman–Crippen MR) is 101 cm³/mol. The Hall–Kier alpha value is -3.32. The van der Waals surface area contributed by atoms with E-state index in [4.69, 9.17) is 11.2 Å². The number of carbonyl (C=O) groups excluding carboxylic acids is 2. The first-order valence-electron chi connectivity index (χ1n) is 9.06. The number of anilines is 1. The Morgan fingerprint density at radius 3 is 1.89 bits per heavy atom. The summed E-state index contributed by atoms with van der Waals surface area (Å²) < 4.78 is 5.80. The summed E-state index contributed by atoms with van der Waals surface area (Å²) in [6.45, 7) is 0. The third-order valence-electron chi connectivity index (χ3n) is 5.82. The molecule has 1 saturated carbocycles. The average Bonchev–Trinajstić information content (AvgIpc) is 3.37. The first-order chi connectivity index (χ1) is 13.2. The Morgan fingerprint density at radius 1 is 0.852 bits per heavy atom. The molecule has 132 valence electrons. The van der Waals surface area contributed by atoms with Crippen LogP contribution in [-0.2, 0) is 9.59 Å². The summed E-state index contributed by atoms with van der Waals surface area (Å²) in [6.07, 6.45) is 10.5. The maximum absolute atomic E-state index is 12.8. The third kappa shape index (κ3) is 2.39. The van der Waals surface area contributed by atoms with Crippen LogP contribution in [0.15, 0.2) is 60.7 Å². The zero-order valence-corrected chi connectivity index (χ0v) is 14.5. The summed E-state index contributed by atoms with van der Waals surface area (Å²) in [5.74, 6) is 3.80. The second kappa shape index (κ2) is 5.85. The fraction of sp³-hybridized carbons (Fsp3) is 0.217. The summed E-state index contributed by atoms with van der Waals surface area (Å²) >= 11 is 0. The van der Waals surface area contributed by atoms with Gasteiger partial charge in [-0.3, -0.25) is 14.5 Å². The van der Waals surface area contributed by atoms with Gasteiger partial charge in [0.2, 0.25) is 11.8 Å². The maximum Gasteiger partial charge on any atom is 0.238 e. The number of hydrogen-bond acceptors (Lipinski definition) is 3. The van der Waals surface area contributed by atoms with Crippen molar-refractivity contribution in [2.75, 3.05) is 4.90 Å². The van der Waals surface area contributed by atoms with Crippen LogP contribution in [-0.4, -0.2) is 11.8 Å². The fourth-order valence-electron chi connectivity index (χ4n) is 4.58. The monoisotopic (exact) mass is 355 g/mol. The van der Waals surface area contributed by atoms with Gasteiger partial charge >= 0.3 is 0 Å². The number of fused-ring (bicyclic) bond motifs is 5. The highest BCUT2D eigenvalue weighted by atomic mass is 16.5. The van der Waals surface area contributed by atoms with E-state index < -0.39 is 0 Å². The van der Waals surface area contributed by atoms with Crippen LogP contribution in [0.3, 0.4) is 0 Å². The van der Waals surface area contributed by atoms with Crippen LogP contribution >= 0.6 is 0 Å². The third-order valence-corrected chi connectivity index (χ3v) is 5.82. The van der Waals surface area contributed by atoms with E-state index in [0.717, 1.165) is 12.0 Å². The van der Waals surface area contributed by atoms with Crippen molar-refractivity contribution in [3.05, 3.63) is 66.2 Å². The molecule has 5 rings (SSSR count). The number of amides is 2. The lowest BCUT2D eigenvalue weighted by molar-refractivity contribution is -0.123. The Kier molecular flexibility index (Phi) is 3.45. The van der Waals surface area contributed by atoms with E-state index in [0.29, 0.717) is 17.2 Å². The molecule has 2 aromatic rings. The minimum Gasteiger partial charge on any atom is -0.457 e. The molecule has 3 aliphatic rings. The minimum absolute atomic E-state index is 0.0691. The van der Waals surface area contributed by atoms with Crippen LogP contribution in [0, 0.1) is 36.0 Å². The van der Waals surface area contributed by atoms with Crippen LogP contribution in [0.5, 0.6) is 11.5 Å². The molecule has 1 aliphatic heterocycles. The summed E-state index contributed by atoms with van der Waals surface area (Å²) in [4.78, 5) is 27.0. The van der Waals surface area contributed by atoms with Gasteiger partial charge in [0.15, 0.2) is 0 Å². The van der Waals surface area contributed by atoms with E-state index >= 15 is 0 Å². The highest BCUT2D eigenvalue weighted by Gasteiger charge is 2.59. The Labute approximate surface area is 157 Å². The Bertz CT molecular complexity index is 967. The molecule has 27 heavy (non-hydrogen) atoms. The number of ether oxygens (including phenoxy) is 1. The second-order valence-electron chi connectivity index (χ2n) is 7.28. The van der Waals surface area contributed by atoms with Gasteiger partial charge in [-0.15, -0.1) is 6.42 Å². The number of nitrogens with zero attached hydrogens (tertiary/aromatic N) is 1. The SMILES string of the molecule is C#Cc1ccc(Oc2ccc(N3C(=O)C4C5C=CC(C5)C4C3=O)cc2)cc1. The lowest BCUT2D eigenvalue weighted by atomic mass is 9.85. The smallest absolute Gasteiger partial charge is 0.238 e. The summed E-state index contributed by atoms with van der Waals surface area (Å²) in [6, 6.07) is 14.3. The highest BCUT2D eigenvalue weighted by molar-refractivity contribution is 6.22. The van der Waals surface area contributed by atoms with E-state index in [2.05, 4.69) is 18.1 Å². The van der Waals surface area contributed by atoms with Gasteiger partial charge in [0, 0.05) is 5.56 Å². The van der Waals surface area contributed by atoms with Crippen molar-refractivity contribution in [3.8, 4) is 23.8 Å². The van der Waals surface area contributed by atoms with Crippen molar-refractivity contribution in [3.63, 3.8) is 0 Å². The molecule has 0 N–H and O–H groups in total. The van der Waals surface area contributed by atoms with Crippen LogP contribution in [0.2, 0.25) is 0 Å². The molecular weight excluding hydrogens is 338 g/mol. The van der Waals surface area contributed by atoms with Gasteiger partial charge in [0.05, 0.1) is 17.5 Å². The van der Waals surface area contributed by atoms with Gasteiger partial charge in [-0.25, -0.2) is 0 Å². The minimum atomic E-state index is -0.182. The van der Waals surface area contributed by atoms with Crippen LogP contribution in [0.25, 0.3) is 0 Å². The summed E-state index contributed by atoms with van der Waals surface area (Å²) in [5, 5.41) is 0. The molecule has 2 aliphatic carbocycles. The predicted octanol–water partition coefficient (Wildman–Crippen LogP) is 3.77. The van der Waals surface area contributed by atoms with Gasteiger partial charge < -0.3 is 4.74 Å². The molecule has 0 spiro atoms. The van der Waals surface area contributed by atoms with Crippen molar-refractivity contribution < 1.29 is 14.3 Å². The van der Waals surface area contributed by atoms with Crippen LogP contribution < -0.4 is 9.64 Å². The van der Waals surface area contributed by atoms with Crippen molar-refractivity contribution >= 4 is 17.5 Å². The fourth-order valence-corrected chi connectivity index (χ4v) is 4.58. The van der Waals surface area contributed by atoms with Crippen molar-refractivity contribution in [1.29, 1.82) is 0 Å². The molecule has 1 heterocycles. The van der Waals surface area contributed by atoms with Crippen molar-refractivity contribution in [1.82, 2.24) is 0 Å². The first-order valence-corrected chi connectivity index (χ1v) is 9.06. The largest absolute Gasteiger partial charge is 0.457 e. The molecule has 2 fully saturated rings. The molecule has 4 nitrogen and oxygen atoms in total. The maximum atomic E-state index is 12.8. The zero-order valence-electron chi connectivity index (χ0n) is 14.5. The molecule has 1 saturated heterocycles. The number of rotatable bonds is 3. The lowest BCUT2D eigenvalue weighted by Crippen LogP contribution is -2.32. The normalized spacial score (nSPS) is 27.7. The van der Waals surface area contributed by atoms with Gasteiger partial charge in [0.1, 0.15) is 11.5 Å². The van der Waals surface area contributed by atoms with E-state index in [1.165, 1.54) is 4.90 Å². The number of allylic oxidation sites excluding steroid dienone is 2.